The van der Waals surface area contributed by atoms with Crippen molar-refractivity contribution < 1.29 is 4.79 Å². The minimum atomic E-state index is 0.180. The number of carbonyl (C=O) groups excluding carboxylic acids is 1. The molecule has 108 valence electrons. The van der Waals surface area contributed by atoms with Crippen molar-refractivity contribution in [1.29, 1.82) is 0 Å². The van der Waals surface area contributed by atoms with E-state index in [1.807, 2.05) is 24.3 Å². The molecule has 0 saturated heterocycles. The van der Waals surface area contributed by atoms with E-state index in [0.29, 0.717) is 11.8 Å². The molecular formula is C16H20ClNOS. The summed E-state index contributed by atoms with van der Waals surface area (Å²) in [6.07, 6.45) is 5.21. The third-order valence-electron chi connectivity index (χ3n) is 4.53. The van der Waals surface area contributed by atoms with Gasteiger partial charge in [-0.25, -0.2) is 0 Å². The van der Waals surface area contributed by atoms with Gasteiger partial charge < -0.3 is 5.32 Å². The van der Waals surface area contributed by atoms with E-state index in [2.05, 4.69) is 5.32 Å². The Labute approximate surface area is 129 Å². The van der Waals surface area contributed by atoms with Crippen LogP contribution in [0.3, 0.4) is 0 Å². The van der Waals surface area contributed by atoms with Gasteiger partial charge in [-0.1, -0.05) is 36.2 Å². The van der Waals surface area contributed by atoms with Gasteiger partial charge in [0.1, 0.15) is 0 Å². The molecule has 0 heterocycles. The molecular weight excluding hydrogens is 290 g/mol. The normalized spacial score (nSPS) is 27.8. The molecule has 1 aromatic carbocycles. The minimum absolute atomic E-state index is 0.180. The quantitative estimate of drug-likeness (QED) is 0.894. The van der Waals surface area contributed by atoms with Crippen molar-refractivity contribution in [1.82, 2.24) is 5.32 Å². The maximum Gasteiger partial charge on any atom is 0.230 e. The predicted octanol–water partition coefficient (Wildman–Crippen LogP) is 3.88. The number of carbonyl (C=O) groups is 1. The van der Waals surface area contributed by atoms with E-state index < -0.39 is 0 Å². The highest BCUT2D eigenvalue weighted by molar-refractivity contribution is 7.99. The Balaban J connectivity index is 1.40. The standard InChI is InChI=1S/C16H20ClNOS/c17-14-4-2-1-3-13(14)9-20-10-16(19)18-15-8-11-5-6-12(15)7-11/h1-4,11-12,15H,5-10H2,(H,18,19)/t11-,12-,15-/m0/s1. The van der Waals surface area contributed by atoms with Gasteiger partial charge in [-0.3, -0.25) is 4.79 Å². The van der Waals surface area contributed by atoms with Crippen molar-refractivity contribution in [2.24, 2.45) is 11.8 Å². The van der Waals surface area contributed by atoms with E-state index in [1.165, 1.54) is 25.7 Å². The van der Waals surface area contributed by atoms with E-state index in [1.54, 1.807) is 11.8 Å². The van der Waals surface area contributed by atoms with Crippen LogP contribution in [0.5, 0.6) is 0 Å². The molecule has 0 unspecified atom stereocenters. The van der Waals surface area contributed by atoms with Gasteiger partial charge in [-0.15, -0.1) is 11.8 Å². The molecule has 4 heteroatoms. The number of amides is 1. The summed E-state index contributed by atoms with van der Waals surface area (Å²) in [5.41, 5.74) is 1.10. The fourth-order valence-corrected chi connectivity index (χ4v) is 4.66. The monoisotopic (exact) mass is 309 g/mol. The van der Waals surface area contributed by atoms with E-state index >= 15 is 0 Å². The second-order valence-electron chi connectivity index (χ2n) is 5.93. The first-order valence-electron chi connectivity index (χ1n) is 7.33. The largest absolute Gasteiger partial charge is 0.352 e. The lowest BCUT2D eigenvalue weighted by Crippen LogP contribution is -2.39. The number of nitrogens with one attached hydrogen (secondary N) is 1. The molecule has 1 aromatic rings. The van der Waals surface area contributed by atoms with Gasteiger partial charge in [0.25, 0.3) is 0 Å². The van der Waals surface area contributed by atoms with Crippen LogP contribution in [0.25, 0.3) is 0 Å². The van der Waals surface area contributed by atoms with Gasteiger partial charge in [-0.2, -0.15) is 0 Å². The van der Waals surface area contributed by atoms with Gasteiger partial charge in [0.2, 0.25) is 5.91 Å². The molecule has 1 N–H and O–H groups in total. The van der Waals surface area contributed by atoms with E-state index in [0.717, 1.165) is 28.2 Å². The molecule has 0 radical (unpaired) electrons. The zero-order valence-electron chi connectivity index (χ0n) is 11.5. The number of hydrogen-bond donors (Lipinski definition) is 1. The number of fused-ring (bicyclic) bond motifs is 2. The Morgan fingerprint density at radius 1 is 1.30 bits per heavy atom. The highest BCUT2D eigenvalue weighted by Crippen LogP contribution is 2.44. The Bertz CT molecular complexity index is 493. The summed E-state index contributed by atoms with van der Waals surface area (Å²) < 4.78 is 0. The molecule has 2 saturated carbocycles. The van der Waals surface area contributed by atoms with Crippen LogP contribution in [0.4, 0.5) is 0 Å². The molecule has 20 heavy (non-hydrogen) atoms. The van der Waals surface area contributed by atoms with Crippen molar-refractivity contribution in [3.8, 4) is 0 Å². The van der Waals surface area contributed by atoms with Crippen molar-refractivity contribution in [2.45, 2.75) is 37.5 Å². The van der Waals surface area contributed by atoms with Crippen LogP contribution >= 0.6 is 23.4 Å². The molecule has 0 aromatic heterocycles. The molecule has 3 atom stereocenters. The van der Waals surface area contributed by atoms with Crippen LogP contribution in [0, 0.1) is 11.8 Å². The third kappa shape index (κ3) is 3.32. The summed E-state index contributed by atoms with van der Waals surface area (Å²) in [7, 11) is 0. The summed E-state index contributed by atoms with van der Waals surface area (Å²) in [6, 6.07) is 8.27. The summed E-state index contributed by atoms with van der Waals surface area (Å²) in [6.45, 7) is 0. The van der Waals surface area contributed by atoms with Gasteiger partial charge in [0.15, 0.2) is 0 Å². The molecule has 1 amide bonds. The van der Waals surface area contributed by atoms with Gasteiger partial charge in [-0.05, 0) is 42.7 Å². The number of halogens is 1. The van der Waals surface area contributed by atoms with Crippen molar-refractivity contribution >= 4 is 29.3 Å². The predicted molar refractivity (Wildman–Crippen MR) is 85.0 cm³/mol. The first-order chi connectivity index (χ1) is 9.72. The molecule has 3 rings (SSSR count). The molecule has 0 aliphatic heterocycles. The Kier molecular flexibility index (Phi) is 4.57. The first kappa shape index (κ1) is 14.3. The second kappa shape index (κ2) is 6.40. The van der Waals surface area contributed by atoms with Crippen LogP contribution in [0.15, 0.2) is 24.3 Å². The van der Waals surface area contributed by atoms with Crippen LogP contribution < -0.4 is 5.32 Å². The fraction of sp³-hybridized carbons (Fsp3) is 0.562. The van der Waals surface area contributed by atoms with Crippen LogP contribution in [-0.4, -0.2) is 17.7 Å². The SMILES string of the molecule is O=C(CSCc1ccccc1Cl)N[C@H]1C[C@H]2CC[C@H]1C2. The second-order valence-corrected chi connectivity index (χ2v) is 7.33. The molecule has 2 bridgehead atoms. The molecule has 2 nitrogen and oxygen atoms in total. The molecule has 2 aliphatic carbocycles. The Morgan fingerprint density at radius 3 is 2.85 bits per heavy atom. The van der Waals surface area contributed by atoms with Crippen LogP contribution in [-0.2, 0) is 10.5 Å². The third-order valence-corrected chi connectivity index (χ3v) is 5.88. The van der Waals surface area contributed by atoms with E-state index in [-0.39, 0.29) is 5.91 Å². The van der Waals surface area contributed by atoms with Crippen LogP contribution in [0.2, 0.25) is 5.02 Å². The summed E-state index contributed by atoms with van der Waals surface area (Å²) in [5, 5.41) is 4.00. The fourth-order valence-electron chi connectivity index (χ4n) is 3.54. The van der Waals surface area contributed by atoms with Crippen molar-refractivity contribution in [3.05, 3.63) is 34.9 Å². The Hall–Kier alpha value is -0.670. The zero-order valence-corrected chi connectivity index (χ0v) is 13.1. The highest BCUT2D eigenvalue weighted by Gasteiger charge is 2.39. The number of thioether (sulfide) groups is 1. The van der Waals surface area contributed by atoms with Gasteiger partial charge >= 0.3 is 0 Å². The highest BCUT2D eigenvalue weighted by atomic mass is 35.5. The maximum atomic E-state index is 12.0. The Morgan fingerprint density at radius 2 is 2.15 bits per heavy atom. The lowest BCUT2D eigenvalue weighted by molar-refractivity contribution is -0.119. The van der Waals surface area contributed by atoms with Crippen molar-refractivity contribution in [2.75, 3.05) is 5.75 Å². The van der Waals surface area contributed by atoms with E-state index in [9.17, 15) is 4.79 Å². The van der Waals surface area contributed by atoms with Gasteiger partial charge in [0.05, 0.1) is 5.75 Å². The number of hydrogen-bond acceptors (Lipinski definition) is 2. The lowest BCUT2D eigenvalue weighted by Gasteiger charge is -2.22. The van der Waals surface area contributed by atoms with E-state index in [4.69, 9.17) is 11.6 Å². The van der Waals surface area contributed by atoms with Crippen LogP contribution in [0.1, 0.15) is 31.2 Å². The van der Waals surface area contributed by atoms with Gasteiger partial charge in [0, 0.05) is 16.8 Å². The van der Waals surface area contributed by atoms with Crippen molar-refractivity contribution in [3.63, 3.8) is 0 Å². The molecule has 2 fully saturated rings. The molecule has 0 spiro atoms. The number of rotatable bonds is 5. The first-order valence-corrected chi connectivity index (χ1v) is 8.86. The lowest BCUT2D eigenvalue weighted by atomic mass is 9.95. The molecule has 2 aliphatic rings. The summed E-state index contributed by atoms with van der Waals surface area (Å²) in [4.78, 5) is 12.0. The number of benzene rings is 1. The maximum absolute atomic E-state index is 12.0. The zero-order chi connectivity index (χ0) is 13.9. The minimum Gasteiger partial charge on any atom is -0.352 e. The summed E-state index contributed by atoms with van der Waals surface area (Å²) in [5.74, 6) is 3.13. The summed E-state index contributed by atoms with van der Waals surface area (Å²) >= 11 is 7.74. The topological polar surface area (TPSA) is 29.1 Å². The smallest absolute Gasteiger partial charge is 0.230 e. The average molecular weight is 310 g/mol. The average Bonchev–Trinajstić information content (AvgIpc) is 3.03.